The number of nitrogens with one attached hydrogen (secondary N) is 1. The van der Waals surface area contributed by atoms with Crippen LogP contribution in [0.15, 0.2) is 48.5 Å². The van der Waals surface area contributed by atoms with Gasteiger partial charge in [-0.05, 0) is 48.2 Å². The van der Waals surface area contributed by atoms with Crippen LogP contribution in [-0.2, 0) is 17.8 Å². The second kappa shape index (κ2) is 10.2. The van der Waals surface area contributed by atoms with Gasteiger partial charge in [-0.1, -0.05) is 24.3 Å². The molecule has 0 aromatic heterocycles. The minimum Gasteiger partial charge on any atom is -0.492 e. The molecule has 0 unspecified atom stereocenters. The summed E-state index contributed by atoms with van der Waals surface area (Å²) >= 11 is 0. The Morgan fingerprint density at radius 1 is 1.14 bits per heavy atom. The van der Waals surface area contributed by atoms with Gasteiger partial charge in [0.1, 0.15) is 18.2 Å². The molecule has 0 spiro atoms. The van der Waals surface area contributed by atoms with Crippen molar-refractivity contribution in [1.29, 1.82) is 0 Å². The Morgan fingerprint density at radius 3 is 2.61 bits per heavy atom. The molecule has 1 heterocycles. The van der Waals surface area contributed by atoms with Crippen LogP contribution in [0.2, 0.25) is 0 Å². The monoisotopic (exact) mass is 385 g/mol. The second-order valence-corrected chi connectivity index (χ2v) is 7.21. The van der Waals surface area contributed by atoms with Crippen LogP contribution in [0, 0.1) is 5.82 Å². The number of nitrogens with two attached hydrogens (primary N) is 1. The number of hydrogen-bond donors (Lipinski definition) is 2. The first-order valence-corrected chi connectivity index (χ1v) is 9.80. The van der Waals surface area contributed by atoms with Gasteiger partial charge in [0.25, 0.3) is 0 Å². The number of piperidine rings is 1. The number of likely N-dealkylation sites (tertiary alicyclic amines) is 1. The van der Waals surface area contributed by atoms with Crippen LogP contribution in [0.25, 0.3) is 0 Å². The van der Waals surface area contributed by atoms with E-state index in [0.29, 0.717) is 19.6 Å². The molecule has 0 saturated carbocycles. The fourth-order valence-corrected chi connectivity index (χ4v) is 3.47. The molecule has 3 rings (SSSR count). The van der Waals surface area contributed by atoms with Crippen LogP contribution in [0.5, 0.6) is 5.75 Å². The van der Waals surface area contributed by atoms with E-state index in [1.807, 2.05) is 36.4 Å². The molecule has 0 aliphatic carbocycles. The second-order valence-electron chi connectivity index (χ2n) is 7.21. The van der Waals surface area contributed by atoms with Gasteiger partial charge in [0.2, 0.25) is 5.91 Å². The fourth-order valence-electron chi connectivity index (χ4n) is 3.47. The lowest BCUT2D eigenvalue weighted by Gasteiger charge is -2.32. The van der Waals surface area contributed by atoms with Crippen molar-refractivity contribution in [2.75, 3.05) is 26.2 Å². The Balaban J connectivity index is 1.41. The summed E-state index contributed by atoms with van der Waals surface area (Å²) in [5.41, 5.74) is 7.49. The van der Waals surface area contributed by atoms with Crippen LogP contribution in [0.3, 0.4) is 0 Å². The molecule has 1 aliphatic rings. The number of amides is 1. The van der Waals surface area contributed by atoms with Crippen molar-refractivity contribution >= 4 is 5.91 Å². The van der Waals surface area contributed by atoms with E-state index < -0.39 is 0 Å². The minimum absolute atomic E-state index is 0.0351. The van der Waals surface area contributed by atoms with E-state index in [2.05, 4.69) is 10.2 Å². The van der Waals surface area contributed by atoms with E-state index in [0.717, 1.165) is 49.4 Å². The van der Waals surface area contributed by atoms with Crippen molar-refractivity contribution in [3.8, 4) is 5.75 Å². The largest absolute Gasteiger partial charge is 0.492 e. The number of halogens is 1. The zero-order valence-corrected chi connectivity index (χ0v) is 16.1. The lowest BCUT2D eigenvalue weighted by molar-refractivity contribution is -0.121. The predicted octanol–water partition coefficient (Wildman–Crippen LogP) is 2.49. The summed E-state index contributed by atoms with van der Waals surface area (Å²) in [7, 11) is 0. The van der Waals surface area contributed by atoms with E-state index in [1.54, 1.807) is 0 Å². The number of carbonyl (C=O) groups excluding carboxylic acids is 1. The van der Waals surface area contributed by atoms with Gasteiger partial charge in [-0.25, -0.2) is 4.39 Å². The van der Waals surface area contributed by atoms with Crippen LogP contribution in [-0.4, -0.2) is 43.1 Å². The van der Waals surface area contributed by atoms with E-state index >= 15 is 0 Å². The fraction of sp³-hybridized carbons (Fsp3) is 0.409. The van der Waals surface area contributed by atoms with Gasteiger partial charge in [-0.3, -0.25) is 9.69 Å². The van der Waals surface area contributed by atoms with Gasteiger partial charge in [0.15, 0.2) is 0 Å². The quantitative estimate of drug-likeness (QED) is 0.733. The van der Waals surface area contributed by atoms with Crippen LogP contribution in [0.4, 0.5) is 4.39 Å². The van der Waals surface area contributed by atoms with Gasteiger partial charge < -0.3 is 15.8 Å². The molecule has 0 radical (unpaired) electrons. The summed E-state index contributed by atoms with van der Waals surface area (Å²) in [5, 5.41) is 3.15. The van der Waals surface area contributed by atoms with Crippen molar-refractivity contribution in [2.24, 2.45) is 5.73 Å². The summed E-state index contributed by atoms with van der Waals surface area (Å²) in [6, 6.07) is 14.4. The Bertz CT molecular complexity index is 759. The topological polar surface area (TPSA) is 67.6 Å². The van der Waals surface area contributed by atoms with Gasteiger partial charge >= 0.3 is 0 Å². The standard InChI is InChI=1S/C22H28FN3O2/c23-19-6-4-17(5-7-19)16-26-11-8-20(9-12-26)25-22(27)15-18-2-1-3-21(14-18)28-13-10-24/h1-7,14,20H,8-13,15-16,24H2,(H,25,27). The average molecular weight is 385 g/mol. The highest BCUT2D eigenvalue weighted by Gasteiger charge is 2.20. The SMILES string of the molecule is NCCOc1cccc(CC(=O)NC2CCN(Cc3ccc(F)cc3)CC2)c1. The van der Waals surface area contributed by atoms with E-state index in [4.69, 9.17) is 10.5 Å². The molecule has 6 heteroatoms. The highest BCUT2D eigenvalue weighted by atomic mass is 19.1. The number of benzene rings is 2. The first kappa shape index (κ1) is 20.3. The van der Waals surface area contributed by atoms with Crippen molar-refractivity contribution in [3.05, 3.63) is 65.5 Å². The predicted molar refractivity (Wildman–Crippen MR) is 108 cm³/mol. The maximum absolute atomic E-state index is 13.0. The molecular formula is C22H28FN3O2. The lowest BCUT2D eigenvalue weighted by Crippen LogP contribution is -2.44. The van der Waals surface area contributed by atoms with Crippen molar-refractivity contribution in [1.82, 2.24) is 10.2 Å². The number of ether oxygens (including phenoxy) is 1. The summed E-state index contributed by atoms with van der Waals surface area (Å²) in [6.45, 7) is 3.59. The third-order valence-corrected chi connectivity index (χ3v) is 4.92. The summed E-state index contributed by atoms with van der Waals surface area (Å²) in [6.07, 6.45) is 2.19. The Hall–Kier alpha value is -2.44. The molecule has 1 saturated heterocycles. The maximum atomic E-state index is 13.0. The summed E-state index contributed by atoms with van der Waals surface area (Å²) < 4.78 is 18.5. The molecule has 0 atom stereocenters. The molecule has 28 heavy (non-hydrogen) atoms. The molecule has 2 aromatic rings. The molecule has 0 bridgehead atoms. The van der Waals surface area contributed by atoms with Crippen molar-refractivity contribution in [2.45, 2.75) is 31.8 Å². The highest BCUT2D eigenvalue weighted by Crippen LogP contribution is 2.16. The maximum Gasteiger partial charge on any atom is 0.224 e. The third-order valence-electron chi connectivity index (χ3n) is 4.92. The summed E-state index contributed by atoms with van der Waals surface area (Å²) in [5.74, 6) is 0.569. The zero-order valence-electron chi connectivity index (χ0n) is 16.1. The molecule has 3 N–H and O–H groups in total. The number of nitrogens with zero attached hydrogens (tertiary/aromatic N) is 1. The van der Waals surface area contributed by atoms with Crippen LogP contribution >= 0.6 is 0 Å². The Morgan fingerprint density at radius 2 is 1.89 bits per heavy atom. The normalized spacial score (nSPS) is 15.4. The molecule has 1 amide bonds. The molecule has 1 aliphatic heterocycles. The number of carbonyl (C=O) groups is 1. The molecular weight excluding hydrogens is 357 g/mol. The molecule has 5 nitrogen and oxygen atoms in total. The third kappa shape index (κ3) is 6.32. The highest BCUT2D eigenvalue weighted by molar-refractivity contribution is 5.79. The van der Waals surface area contributed by atoms with E-state index in [1.165, 1.54) is 12.1 Å². The minimum atomic E-state index is -0.207. The Labute approximate surface area is 165 Å². The lowest BCUT2D eigenvalue weighted by atomic mass is 10.0. The smallest absolute Gasteiger partial charge is 0.224 e. The van der Waals surface area contributed by atoms with E-state index in [-0.39, 0.29) is 17.8 Å². The van der Waals surface area contributed by atoms with Gasteiger partial charge in [0.05, 0.1) is 6.42 Å². The van der Waals surface area contributed by atoms with Crippen molar-refractivity contribution in [3.63, 3.8) is 0 Å². The Kier molecular flexibility index (Phi) is 7.39. The number of hydrogen-bond acceptors (Lipinski definition) is 4. The molecule has 150 valence electrons. The average Bonchev–Trinajstić information content (AvgIpc) is 2.70. The van der Waals surface area contributed by atoms with Crippen molar-refractivity contribution < 1.29 is 13.9 Å². The molecule has 2 aromatic carbocycles. The first-order valence-electron chi connectivity index (χ1n) is 9.80. The molecule has 1 fully saturated rings. The summed E-state index contributed by atoms with van der Waals surface area (Å²) in [4.78, 5) is 14.7. The van der Waals surface area contributed by atoms with E-state index in [9.17, 15) is 9.18 Å². The first-order chi connectivity index (χ1) is 13.6. The van der Waals surface area contributed by atoms with Gasteiger partial charge in [-0.15, -0.1) is 0 Å². The van der Waals surface area contributed by atoms with Gasteiger partial charge in [0, 0.05) is 32.2 Å². The zero-order chi connectivity index (χ0) is 19.8. The van der Waals surface area contributed by atoms with Crippen LogP contribution < -0.4 is 15.8 Å². The van der Waals surface area contributed by atoms with Crippen LogP contribution in [0.1, 0.15) is 24.0 Å². The number of rotatable bonds is 8. The van der Waals surface area contributed by atoms with Gasteiger partial charge in [-0.2, -0.15) is 0 Å².